The number of halogens is 1. The second-order valence-corrected chi connectivity index (χ2v) is 10.3. The topological polar surface area (TPSA) is 31.4 Å². The van der Waals surface area contributed by atoms with Crippen LogP contribution in [-0.4, -0.2) is 11.1 Å². The van der Waals surface area contributed by atoms with Gasteiger partial charge < -0.3 is 9.47 Å². The van der Waals surface area contributed by atoms with Gasteiger partial charge in [0.05, 0.1) is 18.3 Å². The lowest BCUT2D eigenvalue weighted by atomic mass is 9.94. The van der Waals surface area contributed by atoms with Gasteiger partial charge in [0.25, 0.3) is 0 Å². The Labute approximate surface area is 208 Å². The van der Waals surface area contributed by atoms with Crippen molar-refractivity contribution in [2.45, 2.75) is 83.0 Å². The average Bonchev–Trinajstić information content (AvgIpc) is 3.79. The largest absolute Gasteiger partial charge is 0.490 e. The minimum Gasteiger partial charge on any atom is -0.490 e. The number of benzene rings is 2. The summed E-state index contributed by atoms with van der Waals surface area (Å²) in [5, 5.41) is 0.775. The van der Waals surface area contributed by atoms with Crippen LogP contribution in [-0.2, 0) is 16.9 Å². The zero-order valence-corrected chi connectivity index (χ0v) is 21.0. The highest BCUT2D eigenvalue weighted by Gasteiger charge is 2.47. The van der Waals surface area contributed by atoms with Crippen molar-refractivity contribution in [1.29, 1.82) is 0 Å². The third-order valence-electron chi connectivity index (χ3n) is 7.14. The van der Waals surface area contributed by atoms with E-state index in [1.54, 1.807) is 0 Å². The number of hydrogen-bond acceptors (Lipinski definition) is 3. The maximum absolute atomic E-state index is 6.64. The molecule has 0 amide bonds. The molecule has 1 aromatic heterocycles. The summed E-state index contributed by atoms with van der Waals surface area (Å²) in [5.74, 6) is 1.48. The van der Waals surface area contributed by atoms with Crippen LogP contribution in [0.15, 0.2) is 60.9 Å². The zero-order chi connectivity index (χ0) is 23.5. The van der Waals surface area contributed by atoms with Crippen LogP contribution in [0.3, 0.4) is 0 Å². The Morgan fingerprint density at radius 2 is 1.91 bits per heavy atom. The summed E-state index contributed by atoms with van der Waals surface area (Å²) >= 11 is 6.59. The lowest BCUT2D eigenvalue weighted by Crippen LogP contribution is -2.14. The molecule has 1 heterocycles. The third-order valence-corrected chi connectivity index (χ3v) is 7.51. The van der Waals surface area contributed by atoms with Gasteiger partial charge in [0.1, 0.15) is 5.75 Å². The average molecular weight is 476 g/mol. The minimum absolute atomic E-state index is 0.316. The summed E-state index contributed by atoms with van der Waals surface area (Å²) in [5.41, 5.74) is 5.50. The molecule has 5 rings (SSSR count). The highest BCUT2D eigenvalue weighted by Crippen LogP contribution is 2.53. The smallest absolute Gasteiger partial charge is 0.127 e. The van der Waals surface area contributed by atoms with Gasteiger partial charge in [-0.1, -0.05) is 68.6 Å². The van der Waals surface area contributed by atoms with Crippen molar-refractivity contribution < 1.29 is 9.47 Å². The first-order chi connectivity index (χ1) is 16.6. The van der Waals surface area contributed by atoms with Crippen LogP contribution in [0.2, 0.25) is 5.02 Å². The van der Waals surface area contributed by atoms with E-state index in [-0.39, 0.29) is 5.60 Å². The summed E-state index contributed by atoms with van der Waals surface area (Å²) in [6, 6.07) is 16.9. The van der Waals surface area contributed by atoms with Gasteiger partial charge >= 0.3 is 0 Å². The lowest BCUT2D eigenvalue weighted by molar-refractivity contribution is 0.0173. The van der Waals surface area contributed by atoms with Crippen molar-refractivity contribution in [3.8, 4) is 16.9 Å². The summed E-state index contributed by atoms with van der Waals surface area (Å²) in [6.07, 6.45) is 12.1. The first-order valence-electron chi connectivity index (χ1n) is 12.7. The monoisotopic (exact) mass is 475 g/mol. The minimum atomic E-state index is -0.316. The first kappa shape index (κ1) is 23.4. The van der Waals surface area contributed by atoms with Crippen LogP contribution >= 0.6 is 11.6 Å². The highest BCUT2D eigenvalue weighted by molar-refractivity contribution is 6.31. The van der Waals surface area contributed by atoms with Gasteiger partial charge in [-0.3, -0.25) is 4.98 Å². The Hall–Kier alpha value is -2.36. The Balaban J connectivity index is 1.38. The number of pyridine rings is 1. The van der Waals surface area contributed by atoms with Gasteiger partial charge in [0.15, 0.2) is 0 Å². The van der Waals surface area contributed by atoms with Gasteiger partial charge in [-0.15, -0.1) is 0 Å². The van der Waals surface area contributed by atoms with E-state index >= 15 is 0 Å². The molecule has 2 saturated carbocycles. The fourth-order valence-corrected chi connectivity index (χ4v) is 4.83. The van der Waals surface area contributed by atoms with E-state index < -0.39 is 0 Å². The molecule has 34 heavy (non-hydrogen) atoms. The summed E-state index contributed by atoms with van der Waals surface area (Å²) in [6.45, 7) is 5.04. The molecule has 2 aromatic carbocycles. The molecule has 0 bridgehead atoms. The van der Waals surface area contributed by atoms with Gasteiger partial charge in [-0.25, -0.2) is 0 Å². The van der Waals surface area contributed by atoms with E-state index in [1.807, 2.05) is 24.5 Å². The predicted molar refractivity (Wildman–Crippen MR) is 138 cm³/mol. The van der Waals surface area contributed by atoms with Crippen molar-refractivity contribution >= 4 is 11.6 Å². The molecule has 2 aliphatic carbocycles. The Bertz CT molecular complexity index is 1140. The molecule has 2 fully saturated rings. The molecular formula is C30H34ClNO2. The SMILES string of the molecule is CCCC[C@@H](C)c1ccc(Cl)c(COC2(c3cnccc3-c3ccccc3OC3CC3)CC2)c1. The highest BCUT2D eigenvalue weighted by atomic mass is 35.5. The van der Waals surface area contributed by atoms with Crippen molar-refractivity contribution in [1.82, 2.24) is 4.98 Å². The predicted octanol–water partition coefficient (Wildman–Crippen LogP) is 8.44. The second-order valence-electron chi connectivity index (χ2n) is 9.91. The second kappa shape index (κ2) is 10.1. The van der Waals surface area contributed by atoms with E-state index in [0.717, 1.165) is 58.7 Å². The van der Waals surface area contributed by atoms with Crippen LogP contribution in [0.4, 0.5) is 0 Å². The molecule has 3 nitrogen and oxygen atoms in total. The quantitative estimate of drug-likeness (QED) is 0.278. The third kappa shape index (κ3) is 5.16. The number of rotatable bonds is 11. The molecule has 0 unspecified atom stereocenters. The van der Waals surface area contributed by atoms with Crippen LogP contribution in [0, 0.1) is 0 Å². The maximum atomic E-state index is 6.64. The van der Waals surface area contributed by atoms with Crippen LogP contribution in [0.5, 0.6) is 5.75 Å². The van der Waals surface area contributed by atoms with E-state index in [0.29, 0.717) is 18.6 Å². The molecule has 178 valence electrons. The Kier molecular flexibility index (Phi) is 6.94. The number of nitrogens with zero attached hydrogens (tertiary/aromatic N) is 1. The molecule has 1 atom stereocenters. The molecular weight excluding hydrogens is 442 g/mol. The number of unbranched alkanes of at least 4 members (excludes halogenated alkanes) is 1. The fourth-order valence-electron chi connectivity index (χ4n) is 4.66. The molecule has 2 aliphatic rings. The summed E-state index contributed by atoms with van der Waals surface area (Å²) in [7, 11) is 0. The molecule has 0 aliphatic heterocycles. The lowest BCUT2D eigenvalue weighted by Gasteiger charge is -2.22. The van der Waals surface area contributed by atoms with Crippen molar-refractivity contribution in [2.75, 3.05) is 0 Å². The Morgan fingerprint density at radius 3 is 2.68 bits per heavy atom. The Morgan fingerprint density at radius 1 is 1.09 bits per heavy atom. The molecule has 0 spiro atoms. The fraction of sp³-hybridized carbons (Fsp3) is 0.433. The number of aromatic nitrogens is 1. The number of ether oxygens (including phenoxy) is 2. The van der Waals surface area contributed by atoms with E-state index in [1.165, 1.54) is 24.8 Å². The van der Waals surface area contributed by atoms with Crippen molar-refractivity contribution in [3.05, 3.63) is 82.6 Å². The van der Waals surface area contributed by atoms with E-state index in [2.05, 4.69) is 55.2 Å². The van der Waals surface area contributed by atoms with Crippen molar-refractivity contribution in [3.63, 3.8) is 0 Å². The van der Waals surface area contributed by atoms with Gasteiger partial charge in [-0.05, 0) is 72.9 Å². The molecule has 0 radical (unpaired) electrons. The van der Waals surface area contributed by atoms with Crippen molar-refractivity contribution in [2.24, 2.45) is 0 Å². The summed E-state index contributed by atoms with van der Waals surface area (Å²) in [4.78, 5) is 4.47. The molecule has 0 saturated heterocycles. The van der Waals surface area contributed by atoms with Gasteiger partial charge in [0.2, 0.25) is 0 Å². The summed E-state index contributed by atoms with van der Waals surface area (Å²) < 4.78 is 12.9. The van der Waals surface area contributed by atoms with Crippen LogP contribution in [0.25, 0.3) is 11.1 Å². The molecule has 4 heteroatoms. The van der Waals surface area contributed by atoms with E-state index in [9.17, 15) is 0 Å². The number of hydrogen-bond donors (Lipinski definition) is 0. The van der Waals surface area contributed by atoms with Crippen LogP contribution < -0.4 is 4.74 Å². The maximum Gasteiger partial charge on any atom is 0.127 e. The normalized spacial score (nSPS) is 17.4. The molecule has 0 N–H and O–H groups in total. The first-order valence-corrected chi connectivity index (χ1v) is 13.1. The van der Waals surface area contributed by atoms with Crippen LogP contribution in [0.1, 0.15) is 81.4 Å². The molecule has 3 aromatic rings. The number of para-hydroxylation sites is 1. The van der Waals surface area contributed by atoms with Gasteiger partial charge in [0, 0.05) is 28.5 Å². The standard InChI is InChI=1S/C30H34ClNO2/c1-3-4-7-21(2)22-10-13-28(31)23(18-22)20-33-30(15-16-30)27-19-32-17-14-25(27)26-8-5-6-9-29(26)34-24-11-12-24/h5-6,8-10,13-14,17-19,21,24H,3-4,7,11-12,15-16,20H2,1-2H3/t21-/m1/s1. The zero-order valence-electron chi connectivity index (χ0n) is 20.2. The van der Waals surface area contributed by atoms with Gasteiger partial charge in [-0.2, -0.15) is 0 Å². The van der Waals surface area contributed by atoms with E-state index in [4.69, 9.17) is 21.1 Å².